The Kier molecular flexibility index (Phi) is 3.83. The highest BCUT2D eigenvalue weighted by Crippen LogP contribution is 2.30. The molecule has 102 valence electrons. The average molecular weight is 259 g/mol. The number of nitrogens with zero attached hydrogens (tertiary/aromatic N) is 1. The van der Waals surface area contributed by atoms with Gasteiger partial charge >= 0.3 is 0 Å². The number of benzene rings is 1. The van der Waals surface area contributed by atoms with E-state index in [4.69, 9.17) is 4.74 Å². The van der Waals surface area contributed by atoms with Gasteiger partial charge in [0.05, 0.1) is 6.10 Å². The van der Waals surface area contributed by atoms with Crippen molar-refractivity contribution in [1.82, 2.24) is 4.90 Å². The summed E-state index contributed by atoms with van der Waals surface area (Å²) in [7, 11) is 0. The minimum Gasteiger partial charge on any atom is -0.376 e. The highest BCUT2D eigenvalue weighted by atomic mass is 16.5. The Hall–Kier alpha value is -1.35. The summed E-state index contributed by atoms with van der Waals surface area (Å²) in [6.07, 6.45) is 5.01. The zero-order chi connectivity index (χ0) is 13.1. The third-order valence-corrected chi connectivity index (χ3v) is 3.95. The zero-order valence-corrected chi connectivity index (χ0v) is 11.3. The van der Waals surface area contributed by atoms with Crippen LogP contribution in [0.1, 0.15) is 36.0 Å². The maximum Gasteiger partial charge on any atom is 0.253 e. The Labute approximate surface area is 114 Å². The summed E-state index contributed by atoms with van der Waals surface area (Å²) >= 11 is 0. The number of ether oxygens (including phenoxy) is 1. The fraction of sp³-hybridized carbons (Fsp3) is 0.562. The maximum atomic E-state index is 12.4. The first-order chi connectivity index (χ1) is 9.33. The molecule has 1 amide bonds. The summed E-state index contributed by atoms with van der Waals surface area (Å²) < 4.78 is 5.93. The van der Waals surface area contributed by atoms with Gasteiger partial charge in [0.2, 0.25) is 0 Å². The van der Waals surface area contributed by atoms with E-state index < -0.39 is 0 Å². The topological polar surface area (TPSA) is 29.5 Å². The van der Waals surface area contributed by atoms with Gasteiger partial charge in [-0.05, 0) is 43.7 Å². The van der Waals surface area contributed by atoms with Gasteiger partial charge in [0, 0.05) is 25.3 Å². The van der Waals surface area contributed by atoms with Crippen LogP contribution in [0.5, 0.6) is 0 Å². The molecule has 1 aromatic carbocycles. The maximum absolute atomic E-state index is 12.4. The minimum absolute atomic E-state index is 0.139. The third kappa shape index (κ3) is 3.35. The Morgan fingerprint density at radius 1 is 1.21 bits per heavy atom. The van der Waals surface area contributed by atoms with E-state index in [0.717, 1.165) is 44.0 Å². The molecule has 3 rings (SSSR count). The van der Waals surface area contributed by atoms with E-state index in [1.54, 1.807) is 0 Å². The van der Waals surface area contributed by atoms with Crippen molar-refractivity contribution in [3.63, 3.8) is 0 Å². The quantitative estimate of drug-likeness (QED) is 0.832. The van der Waals surface area contributed by atoms with Crippen molar-refractivity contribution in [3.8, 4) is 0 Å². The van der Waals surface area contributed by atoms with Crippen molar-refractivity contribution in [3.05, 3.63) is 35.9 Å². The molecular formula is C16H21NO2. The molecule has 0 aromatic heterocycles. The lowest BCUT2D eigenvalue weighted by atomic mass is 10.1. The molecule has 2 fully saturated rings. The molecule has 1 aliphatic carbocycles. The van der Waals surface area contributed by atoms with Gasteiger partial charge in [-0.25, -0.2) is 0 Å². The highest BCUT2D eigenvalue weighted by molar-refractivity contribution is 5.94. The van der Waals surface area contributed by atoms with Gasteiger partial charge in [-0.3, -0.25) is 4.79 Å². The van der Waals surface area contributed by atoms with E-state index in [9.17, 15) is 4.79 Å². The number of amides is 1. The van der Waals surface area contributed by atoms with Crippen LogP contribution < -0.4 is 0 Å². The molecule has 0 radical (unpaired) electrons. The van der Waals surface area contributed by atoms with Crippen LogP contribution in [-0.2, 0) is 4.74 Å². The standard InChI is InChI=1S/C16H21NO2/c18-16(14-5-2-1-3-6-14)17-10-4-7-15(11-17)19-12-13-8-9-13/h1-3,5-6,13,15H,4,7-12H2. The van der Waals surface area contributed by atoms with Crippen LogP contribution >= 0.6 is 0 Å². The Bertz CT molecular complexity index is 428. The first-order valence-corrected chi connectivity index (χ1v) is 7.29. The lowest BCUT2D eigenvalue weighted by molar-refractivity contribution is -0.00242. The molecule has 1 unspecified atom stereocenters. The van der Waals surface area contributed by atoms with Crippen LogP contribution in [0.2, 0.25) is 0 Å². The Morgan fingerprint density at radius 2 is 2.00 bits per heavy atom. The predicted octanol–water partition coefficient (Wildman–Crippen LogP) is 2.72. The third-order valence-electron chi connectivity index (χ3n) is 3.95. The van der Waals surface area contributed by atoms with Crippen LogP contribution in [0.3, 0.4) is 0 Å². The van der Waals surface area contributed by atoms with Crippen LogP contribution in [0.15, 0.2) is 30.3 Å². The first-order valence-electron chi connectivity index (χ1n) is 7.29. The molecule has 1 aromatic rings. The SMILES string of the molecule is O=C(c1ccccc1)N1CCCC(OCC2CC2)C1. The highest BCUT2D eigenvalue weighted by Gasteiger charge is 2.27. The van der Waals surface area contributed by atoms with Gasteiger partial charge in [-0.15, -0.1) is 0 Å². The fourth-order valence-corrected chi connectivity index (χ4v) is 2.58. The number of hydrogen-bond acceptors (Lipinski definition) is 2. The normalized spacial score (nSPS) is 23.4. The molecule has 1 atom stereocenters. The molecular weight excluding hydrogens is 238 g/mol. The second kappa shape index (κ2) is 5.74. The van der Waals surface area contributed by atoms with E-state index in [1.165, 1.54) is 12.8 Å². The summed E-state index contributed by atoms with van der Waals surface area (Å²) in [5.41, 5.74) is 0.783. The van der Waals surface area contributed by atoms with E-state index in [1.807, 2.05) is 35.2 Å². The molecule has 0 N–H and O–H groups in total. The van der Waals surface area contributed by atoms with Gasteiger partial charge < -0.3 is 9.64 Å². The molecule has 3 heteroatoms. The van der Waals surface area contributed by atoms with Crippen LogP contribution in [0.25, 0.3) is 0 Å². The molecule has 1 saturated carbocycles. The van der Waals surface area contributed by atoms with Gasteiger partial charge in [0.15, 0.2) is 0 Å². The smallest absolute Gasteiger partial charge is 0.253 e. The van der Waals surface area contributed by atoms with E-state index >= 15 is 0 Å². The first kappa shape index (κ1) is 12.7. The number of hydrogen-bond donors (Lipinski definition) is 0. The van der Waals surface area contributed by atoms with E-state index in [2.05, 4.69) is 0 Å². The molecule has 2 aliphatic rings. The Morgan fingerprint density at radius 3 is 2.74 bits per heavy atom. The summed E-state index contributed by atoms with van der Waals surface area (Å²) in [6.45, 7) is 2.50. The summed E-state index contributed by atoms with van der Waals surface area (Å²) in [5, 5.41) is 0. The van der Waals surface area contributed by atoms with Crippen molar-refractivity contribution >= 4 is 5.91 Å². The van der Waals surface area contributed by atoms with Gasteiger partial charge in [0.1, 0.15) is 0 Å². The van der Waals surface area contributed by atoms with Gasteiger partial charge in [-0.1, -0.05) is 18.2 Å². The summed E-state index contributed by atoms with van der Waals surface area (Å²) in [5.74, 6) is 0.931. The lowest BCUT2D eigenvalue weighted by Gasteiger charge is -2.32. The van der Waals surface area contributed by atoms with Crippen LogP contribution in [0, 0.1) is 5.92 Å². The number of rotatable bonds is 4. The molecule has 19 heavy (non-hydrogen) atoms. The van der Waals surface area contributed by atoms with Crippen molar-refractivity contribution in [2.24, 2.45) is 5.92 Å². The van der Waals surface area contributed by atoms with E-state index in [-0.39, 0.29) is 12.0 Å². The minimum atomic E-state index is 0.139. The second-order valence-electron chi connectivity index (χ2n) is 5.66. The van der Waals surface area contributed by atoms with E-state index in [0.29, 0.717) is 0 Å². The predicted molar refractivity (Wildman–Crippen MR) is 74.0 cm³/mol. The van der Waals surface area contributed by atoms with Crippen molar-refractivity contribution in [2.45, 2.75) is 31.8 Å². The number of carbonyl (C=O) groups excluding carboxylic acids is 1. The molecule has 0 spiro atoms. The monoisotopic (exact) mass is 259 g/mol. The number of carbonyl (C=O) groups is 1. The van der Waals surface area contributed by atoms with Crippen molar-refractivity contribution < 1.29 is 9.53 Å². The molecule has 1 aliphatic heterocycles. The molecule has 1 heterocycles. The van der Waals surface area contributed by atoms with Crippen LogP contribution in [-0.4, -0.2) is 36.6 Å². The van der Waals surface area contributed by atoms with Crippen molar-refractivity contribution in [1.29, 1.82) is 0 Å². The number of piperidine rings is 1. The fourth-order valence-electron chi connectivity index (χ4n) is 2.58. The zero-order valence-electron chi connectivity index (χ0n) is 11.3. The summed E-state index contributed by atoms with van der Waals surface area (Å²) in [6, 6.07) is 9.54. The lowest BCUT2D eigenvalue weighted by Crippen LogP contribution is -2.43. The summed E-state index contributed by atoms with van der Waals surface area (Å²) in [4.78, 5) is 14.3. The molecule has 3 nitrogen and oxygen atoms in total. The van der Waals surface area contributed by atoms with Crippen molar-refractivity contribution in [2.75, 3.05) is 19.7 Å². The largest absolute Gasteiger partial charge is 0.376 e. The van der Waals surface area contributed by atoms with Gasteiger partial charge in [-0.2, -0.15) is 0 Å². The molecule has 0 bridgehead atoms. The number of likely N-dealkylation sites (tertiary alicyclic amines) is 1. The average Bonchev–Trinajstić information content (AvgIpc) is 3.30. The Balaban J connectivity index is 1.56. The van der Waals surface area contributed by atoms with Gasteiger partial charge in [0.25, 0.3) is 5.91 Å². The van der Waals surface area contributed by atoms with Crippen LogP contribution in [0.4, 0.5) is 0 Å². The second-order valence-corrected chi connectivity index (χ2v) is 5.66. The molecule has 1 saturated heterocycles.